The van der Waals surface area contributed by atoms with Crippen LogP contribution >= 0.6 is 0 Å². The van der Waals surface area contributed by atoms with Gasteiger partial charge < -0.3 is 15.2 Å². The molecule has 1 aliphatic heterocycles. The lowest BCUT2D eigenvalue weighted by atomic mass is 9.92. The number of carbonyl (C=O) groups excluding carboxylic acids is 2. The zero-order chi connectivity index (χ0) is 22.9. The summed E-state index contributed by atoms with van der Waals surface area (Å²) in [5.41, 5.74) is 3.11. The Labute approximate surface area is 182 Å². The van der Waals surface area contributed by atoms with Crippen LogP contribution in [0, 0.1) is 0 Å². The lowest BCUT2D eigenvalue weighted by Gasteiger charge is -2.33. The van der Waals surface area contributed by atoms with E-state index >= 15 is 0 Å². The number of amides is 2. The topological polar surface area (TPSA) is 95.9 Å². The van der Waals surface area contributed by atoms with Gasteiger partial charge in [-0.15, -0.1) is 0 Å². The summed E-state index contributed by atoms with van der Waals surface area (Å²) < 4.78 is 5.59. The lowest BCUT2D eigenvalue weighted by Crippen LogP contribution is -2.47. The van der Waals surface area contributed by atoms with E-state index < -0.39 is 18.0 Å². The van der Waals surface area contributed by atoms with Crippen LogP contribution in [0.3, 0.4) is 0 Å². The highest BCUT2D eigenvalue weighted by Gasteiger charge is 2.33. The number of hydrogen-bond donors (Lipinski definition) is 2. The van der Waals surface area contributed by atoms with Crippen molar-refractivity contribution in [1.29, 1.82) is 0 Å². The van der Waals surface area contributed by atoms with Crippen LogP contribution in [0.2, 0.25) is 0 Å². The Kier molecular flexibility index (Phi) is 6.34. The fourth-order valence-corrected chi connectivity index (χ4v) is 3.72. The number of carboxylic acids is 1. The van der Waals surface area contributed by atoms with Crippen LogP contribution in [-0.2, 0) is 9.59 Å². The molecule has 1 heterocycles. The van der Waals surface area contributed by atoms with Crippen LogP contribution in [0.1, 0.15) is 67.9 Å². The van der Waals surface area contributed by atoms with Gasteiger partial charge in [-0.2, -0.15) is 0 Å². The molecule has 2 aromatic carbocycles. The lowest BCUT2D eigenvalue weighted by molar-refractivity contribution is -0.127. The molecule has 0 spiro atoms. The number of nitrogens with zero attached hydrogens (tertiary/aromatic N) is 1. The summed E-state index contributed by atoms with van der Waals surface area (Å²) in [7, 11) is 0. The normalized spacial score (nSPS) is 15.6. The van der Waals surface area contributed by atoms with Crippen molar-refractivity contribution in [2.24, 2.45) is 0 Å². The molecule has 2 amide bonds. The average Bonchev–Trinajstić information content (AvgIpc) is 2.70. The van der Waals surface area contributed by atoms with Gasteiger partial charge in [-0.25, -0.2) is 4.79 Å². The second-order valence-electron chi connectivity index (χ2n) is 8.34. The van der Waals surface area contributed by atoms with E-state index in [0.717, 1.165) is 16.8 Å². The summed E-state index contributed by atoms with van der Waals surface area (Å²) in [6.07, 6.45) is -0.773. The number of fused-ring (bicyclic) bond motifs is 1. The molecule has 7 heteroatoms. The van der Waals surface area contributed by atoms with Crippen LogP contribution in [0.15, 0.2) is 36.4 Å². The summed E-state index contributed by atoms with van der Waals surface area (Å²) in [6.45, 7) is 9.61. The summed E-state index contributed by atoms with van der Waals surface area (Å²) in [5.74, 6) is -1.09. The predicted octanol–water partition coefficient (Wildman–Crippen LogP) is 4.38. The molecule has 0 fully saturated rings. The molecule has 0 aliphatic carbocycles. The van der Waals surface area contributed by atoms with Gasteiger partial charge in [-0.3, -0.25) is 14.5 Å². The Morgan fingerprint density at radius 3 is 2.26 bits per heavy atom. The Balaban J connectivity index is 1.94. The molecule has 2 aromatic rings. The van der Waals surface area contributed by atoms with Crippen molar-refractivity contribution in [2.45, 2.75) is 52.6 Å². The van der Waals surface area contributed by atoms with Gasteiger partial charge in [-0.05, 0) is 48.1 Å². The molecule has 0 saturated carbocycles. The molecule has 0 bridgehead atoms. The number of hydrogen-bond acceptors (Lipinski definition) is 4. The number of benzene rings is 2. The Morgan fingerprint density at radius 1 is 1.10 bits per heavy atom. The predicted molar refractivity (Wildman–Crippen MR) is 119 cm³/mol. The summed E-state index contributed by atoms with van der Waals surface area (Å²) in [6, 6.07) is 10.2. The van der Waals surface area contributed by atoms with Crippen LogP contribution in [-0.4, -0.2) is 35.5 Å². The first-order valence-corrected chi connectivity index (χ1v) is 10.4. The fraction of sp³-hybridized carbons (Fsp3) is 0.375. The minimum absolute atomic E-state index is 0.0161. The fourth-order valence-electron chi connectivity index (χ4n) is 3.72. The van der Waals surface area contributed by atoms with Gasteiger partial charge in [0.1, 0.15) is 12.3 Å². The summed E-state index contributed by atoms with van der Waals surface area (Å²) in [4.78, 5) is 38.5. The van der Waals surface area contributed by atoms with Crippen molar-refractivity contribution in [1.82, 2.24) is 0 Å². The van der Waals surface area contributed by atoms with E-state index in [2.05, 4.69) is 33.0 Å². The van der Waals surface area contributed by atoms with Gasteiger partial charge in [-0.1, -0.05) is 45.9 Å². The first-order valence-electron chi connectivity index (χ1n) is 10.4. The van der Waals surface area contributed by atoms with Gasteiger partial charge in [0.2, 0.25) is 5.91 Å². The van der Waals surface area contributed by atoms with E-state index in [1.807, 2.05) is 18.2 Å². The van der Waals surface area contributed by atoms with E-state index in [-0.39, 0.29) is 35.5 Å². The van der Waals surface area contributed by atoms with Crippen LogP contribution in [0.5, 0.6) is 5.75 Å². The standard InChI is InChI=1S/C24H28N2O5/c1-13(2)17-7-6-8-18(14(3)4)22(17)25-21(27)12-26-19-11-16(24(29)30)9-10-20(19)31-15(5)23(26)28/h6-11,13-15H,12H2,1-5H3,(H,25,27)(H,29,30). The first kappa shape index (κ1) is 22.3. The number of anilines is 2. The van der Waals surface area contributed by atoms with E-state index in [9.17, 15) is 19.5 Å². The van der Waals surface area contributed by atoms with Crippen molar-refractivity contribution in [3.8, 4) is 5.75 Å². The van der Waals surface area contributed by atoms with Crippen molar-refractivity contribution in [2.75, 3.05) is 16.8 Å². The zero-order valence-corrected chi connectivity index (χ0v) is 18.4. The SMILES string of the molecule is CC1Oc2ccc(C(=O)O)cc2N(CC(=O)Nc2c(C(C)C)cccc2C(C)C)C1=O. The van der Waals surface area contributed by atoms with Crippen molar-refractivity contribution in [3.63, 3.8) is 0 Å². The number of carbonyl (C=O) groups is 3. The third-order valence-corrected chi connectivity index (χ3v) is 5.35. The summed E-state index contributed by atoms with van der Waals surface area (Å²) >= 11 is 0. The number of carboxylic acid groups (broad SMARTS) is 1. The average molecular weight is 424 g/mol. The molecule has 2 N–H and O–H groups in total. The molecule has 31 heavy (non-hydrogen) atoms. The number of aromatic carboxylic acids is 1. The molecule has 0 radical (unpaired) electrons. The van der Waals surface area contributed by atoms with E-state index in [1.165, 1.54) is 23.1 Å². The number of para-hydroxylation sites is 1. The number of nitrogens with one attached hydrogen (secondary N) is 1. The molecule has 7 nitrogen and oxygen atoms in total. The minimum atomic E-state index is -1.12. The molecule has 164 valence electrons. The highest BCUT2D eigenvalue weighted by atomic mass is 16.5. The van der Waals surface area contributed by atoms with Gasteiger partial charge >= 0.3 is 5.97 Å². The third-order valence-electron chi connectivity index (χ3n) is 5.35. The second-order valence-corrected chi connectivity index (χ2v) is 8.34. The van der Waals surface area contributed by atoms with Gasteiger partial charge in [0, 0.05) is 5.69 Å². The highest BCUT2D eigenvalue weighted by Crippen LogP contribution is 2.36. The Hall–Kier alpha value is -3.35. The Morgan fingerprint density at radius 2 is 1.71 bits per heavy atom. The molecular weight excluding hydrogens is 396 g/mol. The molecule has 0 aromatic heterocycles. The Bertz CT molecular complexity index is 1000. The van der Waals surface area contributed by atoms with Crippen LogP contribution < -0.4 is 15.0 Å². The van der Waals surface area contributed by atoms with Gasteiger partial charge in [0.05, 0.1) is 11.3 Å². The largest absolute Gasteiger partial charge is 0.479 e. The van der Waals surface area contributed by atoms with Gasteiger partial charge in [0.25, 0.3) is 5.91 Å². The molecule has 1 atom stereocenters. The van der Waals surface area contributed by atoms with Crippen molar-refractivity contribution < 1.29 is 24.2 Å². The van der Waals surface area contributed by atoms with Crippen LogP contribution in [0.4, 0.5) is 11.4 Å². The van der Waals surface area contributed by atoms with Gasteiger partial charge in [0.15, 0.2) is 6.10 Å². The van der Waals surface area contributed by atoms with Crippen molar-refractivity contribution in [3.05, 3.63) is 53.1 Å². The minimum Gasteiger partial charge on any atom is -0.479 e. The quantitative estimate of drug-likeness (QED) is 0.717. The number of ether oxygens (including phenoxy) is 1. The zero-order valence-electron chi connectivity index (χ0n) is 18.4. The highest BCUT2D eigenvalue weighted by molar-refractivity contribution is 6.07. The first-order chi connectivity index (χ1) is 14.6. The van der Waals surface area contributed by atoms with E-state index in [0.29, 0.717) is 5.75 Å². The van der Waals surface area contributed by atoms with E-state index in [1.54, 1.807) is 6.92 Å². The number of rotatable bonds is 6. The van der Waals surface area contributed by atoms with Crippen molar-refractivity contribution >= 4 is 29.2 Å². The molecule has 0 saturated heterocycles. The maximum Gasteiger partial charge on any atom is 0.335 e. The molecule has 1 unspecified atom stereocenters. The van der Waals surface area contributed by atoms with E-state index in [4.69, 9.17) is 4.74 Å². The molecular formula is C24H28N2O5. The molecule has 3 rings (SSSR count). The second kappa shape index (κ2) is 8.79. The van der Waals surface area contributed by atoms with Crippen LogP contribution in [0.25, 0.3) is 0 Å². The summed E-state index contributed by atoms with van der Waals surface area (Å²) in [5, 5.41) is 12.3. The third kappa shape index (κ3) is 4.55. The maximum atomic E-state index is 13.0. The maximum absolute atomic E-state index is 13.0. The smallest absolute Gasteiger partial charge is 0.335 e. The monoisotopic (exact) mass is 424 g/mol. The molecule has 1 aliphatic rings.